The largest absolute Gasteiger partial charge is 0.506 e. The quantitative estimate of drug-likeness (QED) is 0.552. The van der Waals surface area contributed by atoms with Crippen LogP contribution in [-0.2, 0) is 0 Å². The average Bonchev–Trinajstić information content (AvgIpc) is 3.02. The van der Waals surface area contributed by atoms with Gasteiger partial charge in [0.05, 0.1) is 16.7 Å². The van der Waals surface area contributed by atoms with Crippen LogP contribution in [0.15, 0.2) is 42.5 Å². The van der Waals surface area contributed by atoms with Gasteiger partial charge < -0.3 is 14.9 Å². The molecule has 0 aliphatic rings. The molecule has 0 bridgehead atoms. The first-order chi connectivity index (χ1) is 12.5. The first-order valence-corrected chi connectivity index (χ1v) is 8.53. The molecule has 4 rings (SSSR count). The van der Waals surface area contributed by atoms with E-state index in [0.717, 1.165) is 10.8 Å². The summed E-state index contributed by atoms with van der Waals surface area (Å²) in [6, 6.07) is 12.1. The fourth-order valence-corrected chi connectivity index (χ4v) is 3.00. The van der Waals surface area contributed by atoms with E-state index in [1.54, 1.807) is 30.3 Å². The van der Waals surface area contributed by atoms with Gasteiger partial charge in [0.2, 0.25) is 0 Å². The molecular formula is C18H13Cl2N3O3. The summed E-state index contributed by atoms with van der Waals surface area (Å²) in [6.07, 6.45) is 0. The summed E-state index contributed by atoms with van der Waals surface area (Å²) in [5.74, 6) is 0.666. The van der Waals surface area contributed by atoms with Crippen molar-refractivity contribution in [3.8, 4) is 17.2 Å². The lowest BCUT2D eigenvalue weighted by Gasteiger charge is -2.08. The zero-order valence-corrected chi connectivity index (χ0v) is 14.9. The number of aromatic hydroxyl groups is 1. The van der Waals surface area contributed by atoms with Crippen LogP contribution in [0.25, 0.3) is 27.5 Å². The molecule has 0 aliphatic heterocycles. The Balaban J connectivity index is 1.83. The molecule has 0 aliphatic carbocycles. The van der Waals surface area contributed by atoms with Crippen molar-refractivity contribution in [3.63, 3.8) is 0 Å². The summed E-state index contributed by atoms with van der Waals surface area (Å²) >= 11 is 12.0. The minimum Gasteiger partial charge on any atom is -0.506 e. The van der Waals surface area contributed by atoms with Crippen molar-refractivity contribution < 1.29 is 14.9 Å². The Labute approximate surface area is 158 Å². The van der Waals surface area contributed by atoms with Gasteiger partial charge in [0.25, 0.3) is 0 Å². The summed E-state index contributed by atoms with van der Waals surface area (Å²) in [5, 5.41) is 30.5. The van der Waals surface area contributed by atoms with Crippen molar-refractivity contribution in [1.29, 1.82) is 0 Å². The lowest BCUT2D eigenvalue weighted by atomic mass is 10.1. The molecule has 0 saturated heterocycles. The SMILES string of the molecule is OCCOc1ccc2cc(O)c(-n3nc4cc(Cl)c(Cl)cc4n3)cc2c1. The van der Waals surface area contributed by atoms with Gasteiger partial charge in [-0.05, 0) is 47.2 Å². The Hall–Kier alpha value is -2.54. The minimum atomic E-state index is -0.0617. The van der Waals surface area contributed by atoms with Crippen molar-refractivity contribution in [2.24, 2.45) is 0 Å². The number of hydrogen-bond acceptors (Lipinski definition) is 5. The van der Waals surface area contributed by atoms with Crippen molar-refractivity contribution in [1.82, 2.24) is 15.0 Å². The Bertz CT molecular complexity index is 1090. The van der Waals surface area contributed by atoms with Crippen molar-refractivity contribution in [2.45, 2.75) is 0 Å². The summed E-state index contributed by atoms with van der Waals surface area (Å²) in [5.41, 5.74) is 1.55. The number of ether oxygens (including phenoxy) is 1. The Kier molecular flexibility index (Phi) is 4.32. The number of hydrogen-bond donors (Lipinski definition) is 2. The zero-order valence-electron chi connectivity index (χ0n) is 13.4. The molecule has 1 aromatic heterocycles. The zero-order chi connectivity index (χ0) is 18.3. The third-order valence-corrected chi connectivity index (χ3v) is 4.63. The summed E-state index contributed by atoms with van der Waals surface area (Å²) in [4.78, 5) is 1.34. The third kappa shape index (κ3) is 3.03. The third-order valence-electron chi connectivity index (χ3n) is 3.90. The molecule has 0 spiro atoms. The van der Waals surface area contributed by atoms with E-state index < -0.39 is 0 Å². The van der Waals surface area contributed by atoms with Gasteiger partial charge in [0, 0.05) is 0 Å². The number of aliphatic hydroxyl groups excluding tert-OH is 1. The molecule has 1 heterocycles. The summed E-state index contributed by atoms with van der Waals surface area (Å²) in [6.45, 7) is 0.151. The predicted molar refractivity (Wildman–Crippen MR) is 101 cm³/mol. The van der Waals surface area contributed by atoms with E-state index in [4.69, 9.17) is 33.0 Å². The topological polar surface area (TPSA) is 80.4 Å². The highest BCUT2D eigenvalue weighted by molar-refractivity contribution is 6.42. The second kappa shape index (κ2) is 6.64. The first kappa shape index (κ1) is 16.9. The van der Waals surface area contributed by atoms with Gasteiger partial charge in [-0.25, -0.2) is 0 Å². The van der Waals surface area contributed by atoms with Gasteiger partial charge in [-0.1, -0.05) is 29.3 Å². The van der Waals surface area contributed by atoms with E-state index in [2.05, 4.69) is 10.2 Å². The highest BCUT2D eigenvalue weighted by atomic mass is 35.5. The normalized spacial score (nSPS) is 11.3. The number of benzene rings is 3. The molecule has 0 amide bonds. The highest BCUT2D eigenvalue weighted by Crippen LogP contribution is 2.31. The fraction of sp³-hybridized carbons (Fsp3) is 0.111. The molecule has 0 radical (unpaired) electrons. The highest BCUT2D eigenvalue weighted by Gasteiger charge is 2.12. The molecule has 0 saturated carbocycles. The van der Waals surface area contributed by atoms with Crippen LogP contribution in [0.5, 0.6) is 11.5 Å². The summed E-state index contributed by atoms with van der Waals surface area (Å²) < 4.78 is 5.43. The van der Waals surface area contributed by atoms with Gasteiger partial charge in [-0.15, -0.1) is 15.0 Å². The Morgan fingerprint density at radius 3 is 2.27 bits per heavy atom. The number of phenolic OH excluding ortho intramolecular Hbond substituents is 1. The number of aliphatic hydroxyl groups is 1. The van der Waals surface area contributed by atoms with Crippen molar-refractivity contribution >= 4 is 45.0 Å². The lowest BCUT2D eigenvalue weighted by Crippen LogP contribution is -2.01. The van der Waals surface area contributed by atoms with Crippen LogP contribution < -0.4 is 4.74 Å². The van der Waals surface area contributed by atoms with E-state index in [1.807, 2.05) is 12.1 Å². The Morgan fingerprint density at radius 1 is 0.923 bits per heavy atom. The second-order valence-corrected chi connectivity index (χ2v) is 6.48. The Morgan fingerprint density at radius 2 is 1.62 bits per heavy atom. The molecule has 8 heteroatoms. The smallest absolute Gasteiger partial charge is 0.143 e. The summed E-state index contributed by atoms with van der Waals surface area (Å²) in [7, 11) is 0. The average molecular weight is 390 g/mol. The van der Waals surface area contributed by atoms with Gasteiger partial charge in [-0.2, -0.15) is 0 Å². The van der Waals surface area contributed by atoms with Crippen LogP contribution in [0.4, 0.5) is 0 Å². The molecule has 26 heavy (non-hydrogen) atoms. The number of halogens is 2. The van der Waals surface area contributed by atoms with E-state index in [1.165, 1.54) is 4.80 Å². The molecule has 0 atom stereocenters. The monoisotopic (exact) mass is 389 g/mol. The number of rotatable bonds is 4. The molecule has 3 aromatic carbocycles. The maximum atomic E-state index is 10.4. The van der Waals surface area contributed by atoms with E-state index >= 15 is 0 Å². The molecule has 6 nitrogen and oxygen atoms in total. The molecule has 4 aromatic rings. The van der Waals surface area contributed by atoms with Gasteiger partial charge in [0.15, 0.2) is 0 Å². The van der Waals surface area contributed by atoms with Crippen LogP contribution in [0, 0.1) is 0 Å². The molecular weight excluding hydrogens is 377 g/mol. The van der Waals surface area contributed by atoms with E-state index in [-0.39, 0.29) is 19.0 Å². The van der Waals surface area contributed by atoms with Crippen LogP contribution in [-0.4, -0.2) is 38.4 Å². The first-order valence-electron chi connectivity index (χ1n) is 7.78. The second-order valence-electron chi connectivity index (χ2n) is 5.67. The fourth-order valence-electron chi connectivity index (χ4n) is 2.69. The number of aromatic nitrogens is 3. The predicted octanol–water partition coefficient (Wildman–Crippen LogP) is 3.96. The molecule has 132 valence electrons. The molecule has 0 unspecified atom stereocenters. The van der Waals surface area contributed by atoms with Crippen LogP contribution in [0.3, 0.4) is 0 Å². The number of fused-ring (bicyclic) bond motifs is 2. The van der Waals surface area contributed by atoms with Crippen LogP contribution >= 0.6 is 23.2 Å². The molecule has 0 fully saturated rings. The number of phenols is 1. The van der Waals surface area contributed by atoms with Crippen molar-refractivity contribution in [2.75, 3.05) is 13.2 Å². The maximum Gasteiger partial charge on any atom is 0.143 e. The molecule has 2 N–H and O–H groups in total. The maximum absolute atomic E-state index is 10.4. The van der Waals surface area contributed by atoms with Gasteiger partial charge in [-0.3, -0.25) is 0 Å². The van der Waals surface area contributed by atoms with Crippen molar-refractivity contribution in [3.05, 3.63) is 52.5 Å². The van der Waals surface area contributed by atoms with Crippen LogP contribution in [0.1, 0.15) is 0 Å². The van der Waals surface area contributed by atoms with Crippen LogP contribution in [0.2, 0.25) is 10.0 Å². The van der Waals surface area contributed by atoms with Gasteiger partial charge >= 0.3 is 0 Å². The van der Waals surface area contributed by atoms with E-state index in [0.29, 0.717) is 32.5 Å². The van der Waals surface area contributed by atoms with E-state index in [9.17, 15) is 5.11 Å². The number of nitrogens with zero attached hydrogens (tertiary/aromatic N) is 3. The van der Waals surface area contributed by atoms with Gasteiger partial charge in [0.1, 0.15) is 34.8 Å². The minimum absolute atomic E-state index is 0.0408. The lowest BCUT2D eigenvalue weighted by molar-refractivity contribution is 0.201. The standard InChI is InChI=1S/C18H13Cl2N3O3/c19-13-8-15-16(9-14(13)20)22-23(21-15)17-6-11-5-12(26-4-3-24)2-1-10(11)7-18(17)25/h1-2,5-9,24-25H,3-4H2.